The zero-order valence-electron chi connectivity index (χ0n) is 9.76. The fourth-order valence-electron chi connectivity index (χ4n) is 2.78. The van der Waals surface area contributed by atoms with Crippen LogP contribution in [0.2, 0.25) is 0 Å². The Balaban J connectivity index is 1.69. The van der Waals surface area contributed by atoms with Crippen LogP contribution in [0.1, 0.15) is 24.8 Å². The van der Waals surface area contributed by atoms with E-state index >= 15 is 0 Å². The highest BCUT2D eigenvalue weighted by atomic mass is 16.4. The normalized spacial score (nSPS) is 30.0. The first-order valence-electron chi connectivity index (χ1n) is 6.01. The summed E-state index contributed by atoms with van der Waals surface area (Å²) in [5, 5.41) is 20.7. The lowest BCUT2D eigenvalue weighted by atomic mass is 10.0. The zero-order chi connectivity index (χ0) is 12.7. The van der Waals surface area contributed by atoms with Crippen molar-refractivity contribution < 1.29 is 10.0 Å². The number of nitrogens with two attached hydrogens (primary N) is 1. The van der Waals surface area contributed by atoms with Gasteiger partial charge in [0.2, 0.25) is 5.91 Å². The highest BCUT2D eigenvalue weighted by Gasteiger charge is 2.48. The number of aromatic nitrogens is 2. The van der Waals surface area contributed by atoms with Gasteiger partial charge >= 0.3 is 0 Å². The van der Waals surface area contributed by atoms with Gasteiger partial charge in [0.15, 0.2) is 5.84 Å². The van der Waals surface area contributed by atoms with Crippen LogP contribution in [0.5, 0.6) is 0 Å². The minimum absolute atomic E-state index is 0.0153. The van der Waals surface area contributed by atoms with Crippen LogP contribution < -0.4 is 11.1 Å². The Bertz CT molecular complexity index is 499. The van der Waals surface area contributed by atoms with Gasteiger partial charge in [-0.1, -0.05) is 5.16 Å². The number of nitrogens with zero attached hydrogens (tertiary/aromatic N) is 2. The van der Waals surface area contributed by atoms with Crippen LogP contribution >= 0.6 is 0 Å². The first kappa shape index (κ1) is 11.1. The maximum absolute atomic E-state index is 12.0. The maximum atomic E-state index is 12.0. The minimum atomic E-state index is -0.0756. The van der Waals surface area contributed by atoms with Gasteiger partial charge in [-0.3, -0.25) is 9.89 Å². The molecule has 0 aromatic carbocycles. The second-order valence-corrected chi connectivity index (χ2v) is 5.06. The molecule has 2 aliphatic carbocycles. The molecule has 18 heavy (non-hydrogen) atoms. The molecule has 7 nitrogen and oxygen atoms in total. The van der Waals surface area contributed by atoms with Crippen molar-refractivity contribution in [2.75, 3.05) is 5.32 Å². The molecule has 1 aromatic heterocycles. The number of H-pyrrole nitrogens is 1. The average Bonchev–Trinajstić information content (AvgIpc) is 2.81. The number of carbonyl (C=O) groups is 1. The Hall–Kier alpha value is -2.05. The molecule has 1 aromatic rings. The van der Waals surface area contributed by atoms with Crippen molar-refractivity contribution in [1.29, 1.82) is 0 Å². The third-order valence-electron chi connectivity index (χ3n) is 3.89. The van der Waals surface area contributed by atoms with Gasteiger partial charge in [0.25, 0.3) is 0 Å². The van der Waals surface area contributed by atoms with E-state index in [0.717, 1.165) is 24.7 Å². The van der Waals surface area contributed by atoms with Gasteiger partial charge in [-0.2, -0.15) is 5.10 Å². The lowest BCUT2D eigenvalue weighted by molar-refractivity contribution is -0.120. The van der Waals surface area contributed by atoms with Gasteiger partial charge in [-0.05, 0) is 31.1 Å². The first-order valence-corrected chi connectivity index (χ1v) is 6.01. The number of fused-ring (bicyclic) bond motifs is 1. The number of aromatic amines is 1. The standard InChI is InChI=1S/C11H15N5O2/c12-9(16-18)8-4-13-15-10(8)14-11(17)7-2-5-1-6(5)3-7/h4-7,18H,1-3H2,(H2,12,16)(H2,13,14,15,17). The molecule has 0 aliphatic heterocycles. The van der Waals surface area contributed by atoms with Crippen molar-refractivity contribution in [2.24, 2.45) is 28.6 Å². The van der Waals surface area contributed by atoms with Crippen molar-refractivity contribution in [2.45, 2.75) is 19.3 Å². The summed E-state index contributed by atoms with van der Waals surface area (Å²) in [4.78, 5) is 12.0. The quantitative estimate of drug-likeness (QED) is 0.270. The Labute approximate surface area is 103 Å². The van der Waals surface area contributed by atoms with Crippen LogP contribution in [0.4, 0.5) is 5.82 Å². The Morgan fingerprint density at radius 2 is 2.22 bits per heavy atom. The number of anilines is 1. The van der Waals surface area contributed by atoms with Crippen molar-refractivity contribution >= 4 is 17.6 Å². The summed E-state index contributed by atoms with van der Waals surface area (Å²) in [5.41, 5.74) is 5.88. The maximum Gasteiger partial charge on any atom is 0.228 e. The summed E-state index contributed by atoms with van der Waals surface area (Å²) < 4.78 is 0. The number of amides is 1. The summed E-state index contributed by atoms with van der Waals surface area (Å²) in [5.74, 6) is 1.89. The molecule has 2 saturated carbocycles. The van der Waals surface area contributed by atoms with Gasteiger partial charge in [-0.25, -0.2) is 0 Å². The van der Waals surface area contributed by atoms with Crippen LogP contribution in [0.25, 0.3) is 0 Å². The smallest absolute Gasteiger partial charge is 0.228 e. The molecule has 1 heterocycles. The molecule has 2 aliphatic rings. The highest BCUT2D eigenvalue weighted by Crippen LogP contribution is 2.54. The van der Waals surface area contributed by atoms with E-state index in [-0.39, 0.29) is 17.7 Å². The van der Waals surface area contributed by atoms with Crippen molar-refractivity contribution in [3.63, 3.8) is 0 Å². The largest absolute Gasteiger partial charge is 0.409 e. The first-order chi connectivity index (χ1) is 8.69. The molecule has 7 heteroatoms. The topological polar surface area (TPSA) is 116 Å². The third kappa shape index (κ3) is 1.81. The highest BCUT2D eigenvalue weighted by molar-refractivity contribution is 6.04. The van der Waals surface area contributed by atoms with E-state index in [1.165, 1.54) is 12.6 Å². The fourth-order valence-corrected chi connectivity index (χ4v) is 2.78. The van der Waals surface area contributed by atoms with Gasteiger partial charge in [-0.15, -0.1) is 0 Å². The van der Waals surface area contributed by atoms with Gasteiger partial charge < -0.3 is 16.3 Å². The molecule has 2 fully saturated rings. The Kier molecular flexibility index (Phi) is 2.46. The Morgan fingerprint density at radius 3 is 2.89 bits per heavy atom. The second-order valence-electron chi connectivity index (χ2n) is 5.06. The van der Waals surface area contributed by atoms with Gasteiger partial charge in [0.05, 0.1) is 11.8 Å². The van der Waals surface area contributed by atoms with E-state index in [0.29, 0.717) is 11.4 Å². The zero-order valence-corrected chi connectivity index (χ0v) is 9.76. The fraction of sp³-hybridized carbons (Fsp3) is 0.545. The van der Waals surface area contributed by atoms with E-state index in [4.69, 9.17) is 10.9 Å². The molecule has 2 unspecified atom stereocenters. The predicted octanol–water partition coefficient (Wildman–Crippen LogP) is 0.489. The van der Waals surface area contributed by atoms with Crippen LogP contribution in [0, 0.1) is 17.8 Å². The van der Waals surface area contributed by atoms with Crippen LogP contribution in [0.15, 0.2) is 11.4 Å². The number of carbonyl (C=O) groups excluding carboxylic acids is 1. The molecule has 1 amide bonds. The van der Waals surface area contributed by atoms with E-state index in [9.17, 15) is 4.79 Å². The molecular weight excluding hydrogens is 234 g/mol. The lowest BCUT2D eigenvalue weighted by Crippen LogP contribution is -2.24. The van der Waals surface area contributed by atoms with Gasteiger partial charge in [0.1, 0.15) is 5.82 Å². The number of oxime groups is 1. The van der Waals surface area contributed by atoms with Crippen molar-refractivity contribution in [3.05, 3.63) is 11.8 Å². The molecule has 0 saturated heterocycles. The summed E-state index contributed by atoms with van der Waals surface area (Å²) in [6, 6.07) is 0. The monoisotopic (exact) mass is 249 g/mol. The van der Waals surface area contributed by atoms with Crippen LogP contribution in [0.3, 0.4) is 0 Å². The van der Waals surface area contributed by atoms with Gasteiger partial charge in [0, 0.05) is 5.92 Å². The molecule has 2 atom stereocenters. The number of rotatable bonds is 3. The van der Waals surface area contributed by atoms with Crippen LogP contribution in [-0.4, -0.2) is 27.1 Å². The molecular formula is C11H15N5O2. The van der Waals surface area contributed by atoms with E-state index in [2.05, 4.69) is 20.7 Å². The predicted molar refractivity (Wildman–Crippen MR) is 64.0 cm³/mol. The molecule has 0 radical (unpaired) electrons. The van der Waals surface area contributed by atoms with E-state index in [1.807, 2.05) is 0 Å². The molecule has 5 N–H and O–H groups in total. The number of hydrogen-bond donors (Lipinski definition) is 4. The SMILES string of the molecule is NC(=NO)c1cn[nH]c1NC(=O)C1CC2CC2C1. The van der Waals surface area contributed by atoms with E-state index < -0.39 is 0 Å². The molecule has 3 rings (SSSR count). The summed E-state index contributed by atoms with van der Waals surface area (Å²) in [6.45, 7) is 0. The number of amidine groups is 1. The molecule has 0 spiro atoms. The molecule has 96 valence electrons. The lowest BCUT2D eigenvalue weighted by Gasteiger charge is -2.11. The number of nitrogens with one attached hydrogen (secondary N) is 2. The summed E-state index contributed by atoms with van der Waals surface area (Å²) in [7, 11) is 0. The van der Waals surface area contributed by atoms with Crippen molar-refractivity contribution in [1.82, 2.24) is 10.2 Å². The van der Waals surface area contributed by atoms with E-state index in [1.54, 1.807) is 0 Å². The number of hydrogen-bond acceptors (Lipinski definition) is 4. The third-order valence-corrected chi connectivity index (χ3v) is 3.89. The average molecular weight is 249 g/mol. The van der Waals surface area contributed by atoms with Crippen molar-refractivity contribution in [3.8, 4) is 0 Å². The summed E-state index contributed by atoms with van der Waals surface area (Å²) >= 11 is 0. The van der Waals surface area contributed by atoms with Crippen LogP contribution in [-0.2, 0) is 4.79 Å². The minimum Gasteiger partial charge on any atom is -0.409 e. The Morgan fingerprint density at radius 1 is 1.50 bits per heavy atom. The summed E-state index contributed by atoms with van der Waals surface area (Å²) in [6.07, 6.45) is 4.65. The second kappa shape index (κ2) is 4.01. The molecule has 0 bridgehead atoms.